The second kappa shape index (κ2) is 10.2. The summed E-state index contributed by atoms with van der Waals surface area (Å²) in [5.74, 6) is -0.361. The van der Waals surface area contributed by atoms with E-state index in [0.29, 0.717) is 42.3 Å². The van der Waals surface area contributed by atoms with Gasteiger partial charge < -0.3 is 16.4 Å². The maximum absolute atomic E-state index is 11.8. The molecule has 0 fully saturated rings. The van der Waals surface area contributed by atoms with Crippen LogP contribution in [0.1, 0.15) is 28.3 Å². The molecule has 0 aliphatic carbocycles. The summed E-state index contributed by atoms with van der Waals surface area (Å²) < 4.78 is 0. The molecule has 6 nitrogen and oxygen atoms in total. The molecule has 0 saturated carbocycles. The van der Waals surface area contributed by atoms with Crippen molar-refractivity contribution in [3.8, 4) is 0 Å². The number of nitrogens with one attached hydrogen (secondary N) is 2. The molecule has 2 aromatic rings. The number of thiazole rings is 1. The van der Waals surface area contributed by atoms with Crippen LogP contribution in [0.5, 0.6) is 0 Å². The minimum absolute atomic E-state index is 0. The van der Waals surface area contributed by atoms with Crippen LogP contribution in [-0.2, 0) is 11.3 Å². The van der Waals surface area contributed by atoms with E-state index < -0.39 is 0 Å². The van der Waals surface area contributed by atoms with Gasteiger partial charge in [-0.2, -0.15) is 0 Å². The zero-order valence-corrected chi connectivity index (χ0v) is 15.1. The fraction of sp³-hybridized carbons (Fsp3) is 0.267. The van der Waals surface area contributed by atoms with Crippen molar-refractivity contribution in [1.29, 1.82) is 0 Å². The molecule has 0 aliphatic heterocycles. The Morgan fingerprint density at radius 2 is 1.96 bits per heavy atom. The van der Waals surface area contributed by atoms with Crippen molar-refractivity contribution in [3.05, 3.63) is 45.4 Å². The number of halogens is 2. The summed E-state index contributed by atoms with van der Waals surface area (Å²) in [4.78, 5) is 27.7. The van der Waals surface area contributed by atoms with E-state index in [4.69, 9.17) is 17.3 Å². The number of amides is 2. The molecule has 0 saturated heterocycles. The number of hydrogen-bond donors (Lipinski definition) is 3. The van der Waals surface area contributed by atoms with Crippen molar-refractivity contribution in [2.75, 3.05) is 11.9 Å². The van der Waals surface area contributed by atoms with Crippen LogP contribution in [-0.4, -0.2) is 23.3 Å². The summed E-state index contributed by atoms with van der Waals surface area (Å²) >= 11 is 7.13. The lowest BCUT2D eigenvalue weighted by Gasteiger charge is -2.06. The monoisotopic (exact) mass is 388 g/mol. The number of benzene rings is 1. The van der Waals surface area contributed by atoms with Gasteiger partial charge in [-0.3, -0.25) is 9.59 Å². The first-order valence-electron chi connectivity index (χ1n) is 7.06. The van der Waals surface area contributed by atoms with E-state index in [9.17, 15) is 9.59 Å². The van der Waals surface area contributed by atoms with Gasteiger partial charge in [0, 0.05) is 35.6 Å². The van der Waals surface area contributed by atoms with E-state index in [1.165, 1.54) is 11.3 Å². The van der Waals surface area contributed by atoms with Crippen LogP contribution < -0.4 is 16.4 Å². The van der Waals surface area contributed by atoms with Gasteiger partial charge >= 0.3 is 0 Å². The number of anilines is 1. The maximum Gasteiger partial charge on any atom is 0.270 e. The van der Waals surface area contributed by atoms with Gasteiger partial charge in [-0.05, 0) is 30.7 Å². The molecule has 1 aromatic carbocycles. The summed E-state index contributed by atoms with van der Waals surface area (Å²) in [6.07, 6.45) is 0.854. The number of carbonyl (C=O) groups excluding carboxylic acids is 2. The molecule has 0 aliphatic rings. The summed E-state index contributed by atoms with van der Waals surface area (Å²) in [5, 5.41) is 8.50. The van der Waals surface area contributed by atoms with Gasteiger partial charge in [0.1, 0.15) is 10.7 Å². The van der Waals surface area contributed by atoms with Gasteiger partial charge in [0.25, 0.3) is 5.91 Å². The molecule has 4 N–H and O–H groups in total. The minimum Gasteiger partial charge on any atom is -0.351 e. The van der Waals surface area contributed by atoms with E-state index in [1.807, 2.05) is 0 Å². The first-order valence-corrected chi connectivity index (χ1v) is 8.32. The van der Waals surface area contributed by atoms with Gasteiger partial charge in [-0.15, -0.1) is 23.7 Å². The molecule has 0 unspecified atom stereocenters. The van der Waals surface area contributed by atoms with Gasteiger partial charge in [0.2, 0.25) is 5.91 Å². The molecule has 1 heterocycles. The number of aromatic nitrogens is 1. The number of carbonyl (C=O) groups is 2. The number of rotatable bonds is 7. The third-order valence-corrected chi connectivity index (χ3v) is 4.08. The summed E-state index contributed by atoms with van der Waals surface area (Å²) in [5.41, 5.74) is 6.51. The normalized spacial score (nSPS) is 9.92. The van der Waals surface area contributed by atoms with E-state index >= 15 is 0 Å². The van der Waals surface area contributed by atoms with Crippen molar-refractivity contribution in [2.24, 2.45) is 5.73 Å². The van der Waals surface area contributed by atoms with Crippen LogP contribution in [0.2, 0.25) is 5.02 Å². The van der Waals surface area contributed by atoms with Crippen molar-refractivity contribution < 1.29 is 9.59 Å². The predicted octanol–water partition coefficient (Wildman–Crippen LogP) is 2.83. The largest absolute Gasteiger partial charge is 0.351 e. The zero-order valence-electron chi connectivity index (χ0n) is 12.8. The molecule has 0 spiro atoms. The summed E-state index contributed by atoms with van der Waals surface area (Å²) in [6.45, 7) is 0.727. The van der Waals surface area contributed by atoms with E-state index in [1.54, 1.807) is 29.6 Å². The highest BCUT2D eigenvalue weighted by Gasteiger charge is 2.10. The molecule has 1 aromatic heterocycles. The molecule has 2 amide bonds. The van der Waals surface area contributed by atoms with Crippen LogP contribution in [0.4, 0.5) is 5.69 Å². The lowest BCUT2D eigenvalue weighted by atomic mass is 10.2. The fourth-order valence-electron chi connectivity index (χ4n) is 1.81. The topological polar surface area (TPSA) is 97.1 Å². The quantitative estimate of drug-likeness (QED) is 0.635. The molecular formula is C15H18Cl2N4O2S. The van der Waals surface area contributed by atoms with Crippen molar-refractivity contribution in [3.63, 3.8) is 0 Å². The molecule has 9 heteroatoms. The number of nitrogens with zero attached hydrogens (tertiary/aromatic N) is 1. The molecular weight excluding hydrogens is 371 g/mol. The van der Waals surface area contributed by atoms with Gasteiger partial charge in [-0.25, -0.2) is 4.98 Å². The Kier molecular flexibility index (Phi) is 8.70. The number of hydrogen-bond acceptors (Lipinski definition) is 5. The van der Waals surface area contributed by atoms with Gasteiger partial charge in [0.15, 0.2) is 0 Å². The summed E-state index contributed by atoms with van der Waals surface area (Å²) in [6, 6.07) is 6.89. The predicted molar refractivity (Wildman–Crippen MR) is 98.9 cm³/mol. The van der Waals surface area contributed by atoms with Crippen molar-refractivity contribution in [1.82, 2.24) is 10.3 Å². The van der Waals surface area contributed by atoms with Crippen LogP contribution in [0.25, 0.3) is 0 Å². The smallest absolute Gasteiger partial charge is 0.270 e. The van der Waals surface area contributed by atoms with E-state index in [0.717, 1.165) is 5.01 Å². The Morgan fingerprint density at radius 1 is 1.25 bits per heavy atom. The Hall–Kier alpha value is -1.67. The van der Waals surface area contributed by atoms with Crippen LogP contribution in [0, 0.1) is 0 Å². The first kappa shape index (κ1) is 20.4. The third-order valence-electron chi connectivity index (χ3n) is 2.95. The van der Waals surface area contributed by atoms with Crippen molar-refractivity contribution >= 4 is 52.8 Å². The highest BCUT2D eigenvalue weighted by Crippen LogP contribution is 2.13. The molecule has 2 rings (SSSR count). The van der Waals surface area contributed by atoms with Crippen LogP contribution in [0.3, 0.4) is 0 Å². The van der Waals surface area contributed by atoms with Crippen LogP contribution >= 0.6 is 35.3 Å². The molecule has 130 valence electrons. The zero-order chi connectivity index (χ0) is 16.7. The Balaban J connectivity index is 0.00000288. The SMILES string of the molecule is Cl.NCc1nc(C(=O)NCCCC(=O)Nc2ccc(Cl)cc2)cs1. The average molecular weight is 389 g/mol. The van der Waals surface area contributed by atoms with Gasteiger partial charge in [-0.1, -0.05) is 11.6 Å². The third kappa shape index (κ3) is 6.45. The Bertz CT molecular complexity index is 676. The maximum atomic E-state index is 11.8. The Labute approximate surface area is 155 Å². The average Bonchev–Trinajstić information content (AvgIpc) is 3.03. The minimum atomic E-state index is -0.251. The lowest BCUT2D eigenvalue weighted by molar-refractivity contribution is -0.116. The second-order valence-electron chi connectivity index (χ2n) is 4.75. The van der Waals surface area contributed by atoms with Gasteiger partial charge in [0.05, 0.1) is 0 Å². The summed E-state index contributed by atoms with van der Waals surface area (Å²) in [7, 11) is 0. The van der Waals surface area contributed by atoms with E-state index in [2.05, 4.69) is 15.6 Å². The molecule has 24 heavy (non-hydrogen) atoms. The molecule has 0 atom stereocenters. The second-order valence-corrected chi connectivity index (χ2v) is 6.12. The number of nitrogens with two attached hydrogens (primary N) is 1. The lowest BCUT2D eigenvalue weighted by Crippen LogP contribution is -2.25. The molecule has 0 radical (unpaired) electrons. The highest BCUT2D eigenvalue weighted by atomic mass is 35.5. The standard InChI is InChI=1S/C15H17ClN4O2S.ClH/c16-10-3-5-11(6-4-10)19-13(21)2-1-7-18-15(22)12-9-23-14(8-17)20-12;/h3-6,9H,1-2,7-8,17H2,(H,18,22)(H,19,21);1H. The fourth-order valence-corrected chi connectivity index (χ4v) is 2.59. The highest BCUT2D eigenvalue weighted by molar-refractivity contribution is 7.09. The van der Waals surface area contributed by atoms with E-state index in [-0.39, 0.29) is 24.2 Å². The van der Waals surface area contributed by atoms with Crippen molar-refractivity contribution in [2.45, 2.75) is 19.4 Å². The molecule has 0 bridgehead atoms. The Morgan fingerprint density at radius 3 is 2.58 bits per heavy atom. The van der Waals surface area contributed by atoms with Crippen LogP contribution in [0.15, 0.2) is 29.6 Å². The first-order chi connectivity index (χ1) is 11.1.